The highest BCUT2D eigenvalue weighted by Gasteiger charge is 2.31. The SMILES string of the molecule is CC(=O)N(C(C)C)C(C(=O)O)c1ccc(F)c(Cl)c1. The van der Waals surface area contributed by atoms with Crippen LogP contribution >= 0.6 is 11.6 Å². The predicted octanol–water partition coefficient (Wildman–Crippen LogP) is 2.86. The van der Waals surface area contributed by atoms with Crippen molar-refractivity contribution in [3.05, 3.63) is 34.6 Å². The van der Waals surface area contributed by atoms with E-state index in [0.717, 1.165) is 6.07 Å². The Morgan fingerprint density at radius 2 is 1.95 bits per heavy atom. The second-order valence-corrected chi connectivity index (χ2v) is 4.84. The quantitative estimate of drug-likeness (QED) is 0.926. The molecule has 0 saturated heterocycles. The van der Waals surface area contributed by atoms with Gasteiger partial charge in [-0.3, -0.25) is 4.79 Å². The minimum atomic E-state index is -1.19. The number of rotatable bonds is 4. The summed E-state index contributed by atoms with van der Waals surface area (Å²) in [4.78, 5) is 24.2. The first-order valence-corrected chi connectivity index (χ1v) is 6.10. The molecule has 0 aliphatic carbocycles. The summed E-state index contributed by atoms with van der Waals surface area (Å²) >= 11 is 5.66. The van der Waals surface area contributed by atoms with Gasteiger partial charge in [0.15, 0.2) is 6.04 Å². The minimum absolute atomic E-state index is 0.170. The maximum atomic E-state index is 13.1. The molecule has 0 radical (unpaired) electrons. The van der Waals surface area contributed by atoms with Crippen molar-refractivity contribution in [3.63, 3.8) is 0 Å². The summed E-state index contributed by atoms with van der Waals surface area (Å²) in [6, 6.07) is 2.15. The Hall–Kier alpha value is -1.62. The predicted molar refractivity (Wildman–Crippen MR) is 69.4 cm³/mol. The lowest BCUT2D eigenvalue weighted by Crippen LogP contribution is -2.42. The molecule has 1 amide bonds. The fourth-order valence-electron chi connectivity index (χ4n) is 1.95. The van der Waals surface area contributed by atoms with Crippen molar-refractivity contribution in [1.82, 2.24) is 4.90 Å². The molecule has 0 aliphatic rings. The van der Waals surface area contributed by atoms with Gasteiger partial charge in [0.05, 0.1) is 5.02 Å². The Bertz CT molecular complexity index is 505. The second kappa shape index (κ2) is 6.02. The zero-order chi connectivity index (χ0) is 14.7. The molecule has 4 nitrogen and oxygen atoms in total. The van der Waals surface area contributed by atoms with Crippen molar-refractivity contribution in [1.29, 1.82) is 0 Å². The van der Waals surface area contributed by atoms with E-state index in [2.05, 4.69) is 0 Å². The Balaban J connectivity index is 3.30. The summed E-state index contributed by atoms with van der Waals surface area (Å²) in [5, 5.41) is 9.15. The molecule has 1 unspecified atom stereocenters. The van der Waals surface area contributed by atoms with E-state index in [9.17, 15) is 19.1 Å². The van der Waals surface area contributed by atoms with Crippen LogP contribution in [-0.4, -0.2) is 27.9 Å². The van der Waals surface area contributed by atoms with Crippen molar-refractivity contribution in [3.8, 4) is 0 Å². The van der Waals surface area contributed by atoms with Gasteiger partial charge in [-0.15, -0.1) is 0 Å². The zero-order valence-electron chi connectivity index (χ0n) is 10.9. The van der Waals surface area contributed by atoms with Crippen LogP contribution in [0.15, 0.2) is 18.2 Å². The third-order valence-electron chi connectivity index (χ3n) is 2.69. The summed E-state index contributed by atoms with van der Waals surface area (Å²) in [6.07, 6.45) is 0. The van der Waals surface area contributed by atoms with Crippen molar-refractivity contribution >= 4 is 23.5 Å². The van der Waals surface area contributed by atoms with E-state index in [0.29, 0.717) is 0 Å². The zero-order valence-corrected chi connectivity index (χ0v) is 11.6. The molecule has 1 atom stereocenters. The number of hydrogen-bond donors (Lipinski definition) is 1. The molecule has 6 heteroatoms. The van der Waals surface area contributed by atoms with Gasteiger partial charge in [-0.05, 0) is 31.5 Å². The van der Waals surface area contributed by atoms with Crippen LogP contribution in [-0.2, 0) is 9.59 Å². The lowest BCUT2D eigenvalue weighted by molar-refractivity contribution is -0.151. The Labute approximate surface area is 115 Å². The van der Waals surface area contributed by atoms with E-state index in [1.807, 2.05) is 0 Å². The normalized spacial score (nSPS) is 12.3. The van der Waals surface area contributed by atoms with Crippen LogP contribution in [0.1, 0.15) is 32.4 Å². The van der Waals surface area contributed by atoms with Gasteiger partial charge in [0.2, 0.25) is 5.91 Å². The largest absolute Gasteiger partial charge is 0.479 e. The molecular formula is C13H15ClFNO3. The minimum Gasteiger partial charge on any atom is -0.479 e. The van der Waals surface area contributed by atoms with Crippen LogP contribution in [0.2, 0.25) is 5.02 Å². The van der Waals surface area contributed by atoms with E-state index in [1.165, 1.54) is 24.0 Å². The number of carboxylic acid groups (broad SMARTS) is 1. The molecule has 0 bridgehead atoms. The number of carboxylic acids is 1. The van der Waals surface area contributed by atoms with Gasteiger partial charge in [0, 0.05) is 13.0 Å². The van der Waals surface area contributed by atoms with E-state index in [1.54, 1.807) is 13.8 Å². The number of carbonyl (C=O) groups excluding carboxylic acids is 1. The fourth-order valence-corrected chi connectivity index (χ4v) is 2.14. The Morgan fingerprint density at radius 1 is 1.37 bits per heavy atom. The van der Waals surface area contributed by atoms with Crippen LogP contribution in [0, 0.1) is 5.82 Å². The van der Waals surface area contributed by atoms with E-state index < -0.39 is 17.8 Å². The summed E-state index contributed by atoms with van der Waals surface area (Å²) in [5.41, 5.74) is 0.266. The summed E-state index contributed by atoms with van der Waals surface area (Å²) in [6.45, 7) is 4.71. The highest BCUT2D eigenvalue weighted by atomic mass is 35.5. The molecule has 0 saturated carbocycles. The molecule has 0 spiro atoms. The average Bonchev–Trinajstić information content (AvgIpc) is 2.28. The number of amides is 1. The summed E-state index contributed by atoms with van der Waals surface area (Å²) < 4.78 is 13.1. The number of nitrogens with zero attached hydrogens (tertiary/aromatic N) is 1. The van der Waals surface area contributed by atoms with Crippen molar-refractivity contribution in [2.75, 3.05) is 0 Å². The lowest BCUT2D eigenvalue weighted by atomic mass is 10.0. The molecule has 0 aliphatic heterocycles. The monoisotopic (exact) mass is 287 g/mol. The van der Waals surface area contributed by atoms with Crippen LogP contribution in [0.25, 0.3) is 0 Å². The van der Waals surface area contributed by atoms with Crippen LogP contribution in [0.5, 0.6) is 0 Å². The van der Waals surface area contributed by atoms with Gasteiger partial charge in [-0.25, -0.2) is 9.18 Å². The van der Waals surface area contributed by atoms with Gasteiger partial charge in [0.25, 0.3) is 0 Å². The number of aliphatic carboxylic acids is 1. The molecule has 19 heavy (non-hydrogen) atoms. The molecule has 104 valence electrons. The molecule has 0 fully saturated rings. The summed E-state index contributed by atoms with van der Waals surface area (Å²) in [5.74, 6) is -2.19. The fraction of sp³-hybridized carbons (Fsp3) is 0.385. The van der Waals surface area contributed by atoms with Gasteiger partial charge in [-0.1, -0.05) is 17.7 Å². The Kier molecular flexibility index (Phi) is 4.89. The lowest BCUT2D eigenvalue weighted by Gasteiger charge is -2.31. The first-order valence-electron chi connectivity index (χ1n) is 5.72. The molecular weight excluding hydrogens is 273 g/mol. The number of benzene rings is 1. The second-order valence-electron chi connectivity index (χ2n) is 4.43. The van der Waals surface area contributed by atoms with Crippen LogP contribution in [0.3, 0.4) is 0 Å². The molecule has 1 N–H and O–H groups in total. The molecule has 1 rings (SSSR count). The van der Waals surface area contributed by atoms with Gasteiger partial charge < -0.3 is 10.0 Å². The molecule has 0 heterocycles. The summed E-state index contributed by atoms with van der Waals surface area (Å²) in [7, 11) is 0. The number of halogens is 2. The third kappa shape index (κ3) is 3.44. The van der Waals surface area contributed by atoms with E-state index in [-0.39, 0.29) is 22.5 Å². The number of carbonyl (C=O) groups is 2. The van der Waals surface area contributed by atoms with Crippen LogP contribution in [0.4, 0.5) is 4.39 Å². The first-order chi connectivity index (χ1) is 8.75. The van der Waals surface area contributed by atoms with E-state index >= 15 is 0 Å². The molecule has 1 aromatic rings. The number of hydrogen-bond acceptors (Lipinski definition) is 2. The molecule has 0 aromatic heterocycles. The highest BCUT2D eigenvalue weighted by molar-refractivity contribution is 6.30. The van der Waals surface area contributed by atoms with Gasteiger partial charge in [-0.2, -0.15) is 0 Å². The van der Waals surface area contributed by atoms with Crippen molar-refractivity contribution < 1.29 is 19.1 Å². The van der Waals surface area contributed by atoms with Crippen molar-refractivity contribution in [2.45, 2.75) is 32.9 Å². The highest BCUT2D eigenvalue weighted by Crippen LogP contribution is 2.27. The van der Waals surface area contributed by atoms with Crippen LogP contribution < -0.4 is 0 Å². The maximum Gasteiger partial charge on any atom is 0.331 e. The standard InChI is InChI=1S/C13H15ClFNO3/c1-7(2)16(8(3)17)12(13(18)19)9-4-5-11(15)10(14)6-9/h4-7,12H,1-3H3,(H,18,19). The maximum absolute atomic E-state index is 13.1. The smallest absolute Gasteiger partial charge is 0.331 e. The van der Waals surface area contributed by atoms with E-state index in [4.69, 9.17) is 11.6 Å². The van der Waals surface area contributed by atoms with Gasteiger partial charge >= 0.3 is 5.97 Å². The average molecular weight is 288 g/mol. The molecule has 1 aromatic carbocycles. The topological polar surface area (TPSA) is 57.6 Å². The van der Waals surface area contributed by atoms with Crippen molar-refractivity contribution in [2.24, 2.45) is 0 Å². The van der Waals surface area contributed by atoms with Gasteiger partial charge in [0.1, 0.15) is 5.82 Å². The Morgan fingerprint density at radius 3 is 2.32 bits per heavy atom. The first kappa shape index (κ1) is 15.4. The third-order valence-corrected chi connectivity index (χ3v) is 2.98.